The molecular weight excluding hydrogens is 348 g/mol. The topological polar surface area (TPSA) is 77.8 Å². The molecule has 1 aromatic heterocycles. The van der Waals surface area contributed by atoms with E-state index in [2.05, 4.69) is 21.7 Å². The fraction of sp³-hybridized carbons (Fsp3) is 0.0500. The Labute approximate surface area is 156 Å². The monoisotopic (exact) mass is 362 g/mol. The van der Waals surface area contributed by atoms with Crippen molar-refractivity contribution in [3.63, 3.8) is 0 Å². The molecule has 2 aromatic carbocycles. The summed E-state index contributed by atoms with van der Waals surface area (Å²) in [5, 5.41) is 15.5. The number of hydrogen-bond donors (Lipinski definition) is 2. The minimum absolute atomic E-state index is 0.221. The third-order valence-electron chi connectivity index (χ3n) is 3.68. The van der Waals surface area contributed by atoms with Crippen molar-refractivity contribution in [3.8, 4) is 6.07 Å². The Bertz CT molecular complexity index is 981. The maximum Gasteiger partial charge on any atom is 0.251 e. The van der Waals surface area contributed by atoms with E-state index in [9.17, 15) is 4.79 Å². The van der Waals surface area contributed by atoms with Gasteiger partial charge in [0.05, 0.1) is 11.6 Å². The van der Waals surface area contributed by atoms with Crippen molar-refractivity contribution in [2.75, 3.05) is 5.32 Å². The van der Waals surface area contributed by atoms with Crippen molar-refractivity contribution < 1.29 is 4.79 Å². The fourth-order valence-corrected chi connectivity index (χ4v) is 2.58. The summed E-state index contributed by atoms with van der Waals surface area (Å²) in [6.45, 7) is 0.341. The van der Waals surface area contributed by atoms with Gasteiger partial charge in [0.2, 0.25) is 0 Å². The van der Waals surface area contributed by atoms with Gasteiger partial charge in [-0.2, -0.15) is 5.26 Å². The predicted octanol–water partition coefficient (Wildman–Crippen LogP) is 4.28. The molecule has 0 aliphatic carbocycles. The summed E-state index contributed by atoms with van der Waals surface area (Å²) in [5.41, 5.74) is 2.60. The lowest BCUT2D eigenvalue weighted by Crippen LogP contribution is -2.23. The third kappa shape index (κ3) is 4.38. The van der Waals surface area contributed by atoms with Gasteiger partial charge in [0.15, 0.2) is 0 Å². The number of hydrogen-bond acceptors (Lipinski definition) is 4. The highest BCUT2D eigenvalue weighted by molar-refractivity contribution is 6.31. The van der Waals surface area contributed by atoms with E-state index < -0.39 is 0 Å². The first-order valence-electron chi connectivity index (χ1n) is 7.90. The van der Waals surface area contributed by atoms with Gasteiger partial charge < -0.3 is 10.6 Å². The molecule has 0 saturated heterocycles. The number of amides is 1. The first kappa shape index (κ1) is 17.5. The van der Waals surface area contributed by atoms with Gasteiger partial charge in [-0.3, -0.25) is 4.79 Å². The average Bonchev–Trinajstić information content (AvgIpc) is 2.67. The normalized spacial score (nSPS) is 10.0. The Morgan fingerprint density at radius 2 is 1.96 bits per heavy atom. The van der Waals surface area contributed by atoms with Crippen LogP contribution in [0.4, 0.5) is 11.5 Å². The third-order valence-corrected chi connectivity index (χ3v) is 4.05. The van der Waals surface area contributed by atoms with Gasteiger partial charge in [-0.25, -0.2) is 4.98 Å². The first-order chi connectivity index (χ1) is 12.7. The second kappa shape index (κ2) is 8.15. The van der Waals surface area contributed by atoms with Crippen LogP contribution in [0.3, 0.4) is 0 Å². The number of carbonyl (C=O) groups excluding carboxylic acids is 1. The highest BCUT2D eigenvalue weighted by Crippen LogP contribution is 2.17. The molecule has 3 rings (SSSR count). The van der Waals surface area contributed by atoms with Crippen molar-refractivity contribution in [1.29, 1.82) is 5.26 Å². The maximum atomic E-state index is 12.4. The summed E-state index contributed by atoms with van der Waals surface area (Å²) in [6.07, 6.45) is 1.56. The standard InChI is InChI=1S/C20H15ClN4O/c21-18-7-2-1-5-16(18)13-24-20(26)15-8-9-23-19(11-15)25-17-6-3-4-14(10-17)12-22/h1-11H,13H2,(H,23,25)(H,24,26). The van der Waals surface area contributed by atoms with Crippen LogP contribution < -0.4 is 10.6 Å². The minimum atomic E-state index is -0.221. The number of halogens is 1. The Kier molecular flexibility index (Phi) is 5.47. The fourth-order valence-electron chi connectivity index (χ4n) is 2.37. The summed E-state index contributed by atoms with van der Waals surface area (Å²) in [4.78, 5) is 16.6. The van der Waals surface area contributed by atoms with E-state index in [-0.39, 0.29) is 5.91 Å². The molecule has 26 heavy (non-hydrogen) atoms. The van der Waals surface area contributed by atoms with E-state index in [1.807, 2.05) is 24.3 Å². The second-order valence-corrected chi connectivity index (χ2v) is 5.93. The molecule has 0 fully saturated rings. The summed E-state index contributed by atoms with van der Waals surface area (Å²) in [6, 6.07) is 19.8. The molecule has 0 spiro atoms. The van der Waals surface area contributed by atoms with Crippen LogP contribution in [-0.2, 0) is 6.54 Å². The number of rotatable bonds is 5. The van der Waals surface area contributed by atoms with Gasteiger partial charge in [-0.1, -0.05) is 35.9 Å². The van der Waals surface area contributed by atoms with Crippen molar-refractivity contribution in [1.82, 2.24) is 10.3 Å². The van der Waals surface area contributed by atoms with Crippen LogP contribution in [0.25, 0.3) is 0 Å². The molecule has 0 atom stereocenters. The Balaban J connectivity index is 1.69. The Morgan fingerprint density at radius 1 is 1.12 bits per heavy atom. The second-order valence-electron chi connectivity index (χ2n) is 5.52. The molecule has 0 saturated carbocycles. The van der Waals surface area contributed by atoms with Gasteiger partial charge in [0, 0.05) is 29.0 Å². The SMILES string of the molecule is N#Cc1cccc(Nc2cc(C(=O)NCc3ccccc3Cl)ccn2)c1. The van der Waals surface area contributed by atoms with Crippen LogP contribution in [-0.4, -0.2) is 10.9 Å². The molecule has 0 bridgehead atoms. The van der Waals surface area contributed by atoms with Crippen LogP contribution >= 0.6 is 11.6 Å². The first-order valence-corrected chi connectivity index (χ1v) is 8.28. The van der Waals surface area contributed by atoms with E-state index in [4.69, 9.17) is 16.9 Å². The number of carbonyl (C=O) groups is 1. The van der Waals surface area contributed by atoms with Crippen molar-refractivity contribution >= 4 is 29.0 Å². The predicted molar refractivity (Wildman–Crippen MR) is 101 cm³/mol. The van der Waals surface area contributed by atoms with Crippen molar-refractivity contribution in [3.05, 3.63) is 88.6 Å². The van der Waals surface area contributed by atoms with E-state index in [0.29, 0.717) is 28.5 Å². The van der Waals surface area contributed by atoms with E-state index in [0.717, 1.165) is 11.3 Å². The lowest BCUT2D eigenvalue weighted by Gasteiger charge is -2.09. The molecule has 0 unspecified atom stereocenters. The smallest absolute Gasteiger partial charge is 0.251 e. The van der Waals surface area contributed by atoms with Crippen LogP contribution in [0, 0.1) is 11.3 Å². The molecule has 128 valence electrons. The molecule has 1 amide bonds. The maximum absolute atomic E-state index is 12.4. The molecule has 3 aromatic rings. The highest BCUT2D eigenvalue weighted by atomic mass is 35.5. The van der Waals surface area contributed by atoms with Gasteiger partial charge in [-0.15, -0.1) is 0 Å². The number of nitrogens with zero attached hydrogens (tertiary/aromatic N) is 2. The van der Waals surface area contributed by atoms with Crippen LogP contribution in [0.1, 0.15) is 21.5 Å². The van der Waals surface area contributed by atoms with E-state index in [1.54, 1.807) is 42.6 Å². The van der Waals surface area contributed by atoms with E-state index in [1.165, 1.54) is 0 Å². The lowest BCUT2D eigenvalue weighted by atomic mass is 10.2. The number of aromatic nitrogens is 1. The zero-order valence-corrected chi connectivity index (χ0v) is 14.5. The van der Waals surface area contributed by atoms with Crippen molar-refractivity contribution in [2.45, 2.75) is 6.54 Å². The average molecular weight is 363 g/mol. The molecule has 0 aliphatic heterocycles. The quantitative estimate of drug-likeness (QED) is 0.710. The minimum Gasteiger partial charge on any atom is -0.348 e. The molecule has 6 heteroatoms. The van der Waals surface area contributed by atoms with Crippen LogP contribution in [0.2, 0.25) is 5.02 Å². The van der Waals surface area contributed by atoms with Gasteiger partial charge in [0.25, 0.3) is 5.91 Å². The Hall–Kier alpha value is -3.36. The number of anilines is 2. The van der Waals surface area contributed by atoms with Gasteiger partial charge in [0.1, 0.15) is 5.82 Å². The summed E-state index contributed by atoms with van der Waals surface area (Å²) >= 11 is 6.10. The molecular formula is C20H15ClN4O. The lowest BCUT2D eigenvalue weighted by molar-refractivity contribution is 0.0951. The Morgan fingerprint density at radius 3 is 2.77 bits per heavy atom. The van der Waals surface area contributed by atoms with E-state index >= 15 is 0 Å². The zero-order chi connectivity index (χ0) is 18.4. The van der Waals surface area contributed by atoms with Crippen LogP contribution in [0.5, 0.6) is 0 Å². The number of pyridine rings is 1. The van der Waals surface area contributed by atoms with Crippen LogP contribution in [0.15, 0.2) is 66.9 Å². The number of nitrogens with one attached hydrogen (secondary N) is 2. The van der Waals surface area contributed by atoms with Gasteiger partial charge >= 0.3 is 0 Å². The molecule has 0 radical (unpaired) electrons. The number of nitriles is 1. The molecule has 5 nitrogen and oxygen atoms in total. The summed E-state index contributed by atoms with van der Waals surface area (Å²) in [7, 11) is 0. The molecule has 0 aliphatic rings. The summed E-state index contributed by atoms with van der Waals surface area (Å²) in [5.74, 6) is 0.298. The highest BCUT2D eigenvalue weighted by Gasteiger charge is 2.08. The van der Waals surface area contributed by atoms with Crippen molar-refractivity contribution in [2.24, 2.45) is 0 Å². The number of benzene rings is 2. The zero-order valence-electron chi connectivity index (χ0n) is 13.7. The summed E-state index contributed by atoms with van der Waals surface area (Å²) < 4.78 is 0. The largest absolute Gasteiger partial charge is 0.348 e. The van der Waals surface area contributed by atoms with Gasteiger partial charge in [-0.05, 0) is 42.0 Å². The molecule has 2 N–H and O–H groups in total. The molecule has 1 heterocycles.